The van der Waals surface area contributed by atoms with Gasteiger partial charge in [0.25, 0.3) is 5.91 Å². The van der Waals surface area contributed by atoms with Gasteiger partial charge in [0.1, 0.15) is 5.82 Å². The van der Waals surface area contributed by atoms with Crippen LogP contribution >= 0.6 is 11.6 Å². The number of halogens is 1. The highest BCUT2D eigenvalue weighted by atomic mass is 35.5. The molecule has 0 spiro atoms. The largest absolute Gasteiger partial charge is 0.336 e. The van der Waals surface area contributed by atoms with Crippen molar-refractivity contribution >= 4 is 17.5 Å². The summed E-state index contributed by atoms with van der Waals surface area (Å²) in [6.07, 6.45) is 1.84. The first-order chi connectivity index (χ1) is 10.6. The molecule has 5 nitrogen and oxygen atoms in total. The Morgan fingerprint density at radius 3 is 2.32 bits per heavy atom. The van der Waals surface area contributed by atoms with Crippen LogP contribution in [-0.2, 0) is 0 Å². The number of hydrogen-bond acceptors (Lipinski definition) is 3. The van der Waals surface area contributed by atoms with E-state index in [4.69, 9.17) is 11.6 Å². The van der Waals surface area contributed by atoms with E-state index >= 15 is 0 Å². The molecule has 2 rings (SSSR count). The van der Waals surface area contributed by atoms with E-state index in [1.54, 1.807) is 21.7 Å². The van der Waals surface area contributed by atoms with Crippen LogP contribution in [-0.4, -0.2) is 38.7 Å². The molecule has 1 amide bonds. The Bertz CT molecular complexity index is 630. The maximum Gasteiger partial charge on any atom is 0.293 e. The van der Waals surface area contributed by atoms with E-state index in [1.807, 2.05) is 19.1 Å². The first kappa shape index (κ1) is 16.5. The number of carbonyl (C=O) groups is 1. The van der Waals surface area contributed by atoms with Crippen molar-refractivity contribution in [2.45, 2.75) is 33.6 Å². The van der Waals surface area contributed by atoms with Crippen LogP contribution in [0.4, 0.5) is 0 Å². The Hall–Kier alpha value is -1.88. The molecule has 22 heavy (non-hydrogen) atoms. The van der Waals surface area contributed by atoms with Crippen LogP contribution in [0.5, 0.6) is 0 Å². The van der Waals surface area contributed by atoms with E-state index in [9.17, 15) is 4.79 Å². The molecule has 1 aromatic heterocycles. The molecule has 1 aromatic carbocycles. The van der Waals surface area contributed by atoms with Gasteiger partial charge in [-0.3, -0.25) is 4.79 Å². The topological polar surface area (TPSA) is 51.0 Å². The molecule has 2 aromatic rings. The summed E-state index contributed by atoms with van der Waals surface area (Å²) in [6, 6.07) is 7.29. The molecule has 0 radical (unpaired) electrons. The number of nitrogens with zero attached hydrogens (tertiary/aromatic N) is 4. The van der Waals surface area contributed by atoms with Gasteiger partial charge in [0.2, 0.25) is 5.82 Å². The van der Waals surface area contributed by atoms with Crippen LogP contribution in [0.15, 0.2) is 24.3 Å². The van der Waals surface area contributed by atoms with Crippen molar-refractivity contribution < 1.29 is 4.79 Å². The summed E-state index contributed by atoms with van der Waals surface area (Å²) in [5, 5.41) is 5.03. The summed E-state index contributed by atoms with van der Waals surface area (Å²) >= 11 is 5.90. The van der Waals surface area contributed by atoms with Gasteiger partial charge in [-0.1, -0.05) is 25.4 Å². The van der Waals surface area contributed by atoms with Gasteiger partial charge in [-0.25, -0.2) is 9.67 Å². The lowest BCUT2D eigenvalue weighted by Gasteiger charge is -2.19. The summed E-state index contributed by atoms with van der Waals surface area (Å²) < 4.78 is 1.67. The minimum absolute atomic E-state index is 0.112. The lowest BCUT2D eigenvalue weighted by Crippen LogP contribution is -2.33. The van der Waals surface area contributed by atoms with Crippen molar-refractivity contribution in [1.29, 1.82) is 0 Å². The molecule has 118 valence electrons. The van der Waals surface area contributed by atoms with Gasteiger partial charge in [0.05, 0.1) is 5.69 Å². The first-order valence-electron chi connectivity index (χ1n) is 7.55. The van der Waals surface area contributed by atoms with Crippen LogP contribution in [0.1, 0.15) is 43.1 Å². The molecule has 0 aliphatic rings. The third-order valence-corrected chi connectivity index (χ3v) is 3.56. The monoisotopic (exact) mass is 320 g/mol. The number of rotatable bonds is 6. The second-order valence-corrected chi connectivity index (χ2v) is 5.60. The normalized spacial score (nSPS) is 10.7. The Balaban J connectivity index is 2.28. The maximum absolute atomic E-state index is 12.5. The summed E-state index contributed by atoms with van der Waals surface area (Å²) in [5.41, 5.74) is 0.839. The quantitative estimate of drug-likeness (QED) is 0.818. The summed E-state index contributed by atoms with van der Waals surface area (Å²) in [7, 11) is 0. The molecule has 0 fully saturated rings. The maximum atomic E-state index is 12.5. The smallest absolute Gasteiger partial charge is 0.293 e. The molecule has 0 atom stereocenters. The summed E-state index contributed by atoms with van der Waals surface area (Å²) in [4.78, 5) is 18.7. The standard InChI is InChI=1S/C16H21ClN4O/c1-4-10-20(11-5-2)16(22)15-18-12(3)21(19-15)14-8-6-13(17)7-9-14/h6-9H,4-5,10-11H2,1-3H3. The van der Waals surface area contributed by atoms with Gasteiger partial charge in [-0.15, -0.1) is 5.10 Å². The molecule has 0 unspecified atom stereocenters. The summed E-state index contributed by atoms with van der Waals surface area (Å²) in [6.45, 7) is 7.40. The van der Waals surface area contributed by atoms with Crippen LogP contribution < -0.4 is 0 Å². The van der Waals surface area contributed by atoms with Gasteiger partial charge >= 0.3 is 0 Å². The van der Waals surface area contributed by atoms with Crippen molar-refractivity contribution in [1.82, 2.24) is 19.7 Å². The van der Waals surface area contributed by atoms with E-state index in [2.05, 4.69) is 23.9 Å². The highest BCUT2D eigenvalue weighted by Gasteiger charge is 2.20. The van der Waals surface area contributed by atoms with E-state index in [-0.39, 0.29) is 11.7 Å². The van der Waals surface area contributed by atoms with Crippen LogP contribution in [0.3, 0.4) is 0 Å². The second kappa shape index (κ2) is 7.40. The Morgan fingerprint density at radius 1 is 1.18 bits per heavy atom. The zero-order valence-electron chi connectivity index (χ0n) is 13.2. The Labute approximate surface area is 135 Å². The number of carbonyl (C=O) groups excluding carboxylic acids is 1. The molecule has 0 saturated heterocycles. The molecule has 0 saturated carbocycles. The minimum Gasteiger partial charge on any atom is -0.336 e. The molecular formula is C16H21ClN4O. The van der Waals surface area contributed by atoms with Crippen molar-refractivity contribution in [2.75, 3.05) is 13.1 Å². The minimum atomic E-state index is -0.112. The molecule has 6 heteroatoms. The number of amides is 1. The number of benzene rings is 1. The fraction of sp³-hybridized carbons (Fsp3) is 0.438. The Kier molecular flexibility index (Phi) is 5.55. The van der Waals surface area contributed by atoms with Crippen molar-refractivity contribution in [3.63, 3.8) is 0 Å². The zero-order chi connectivity index (χ0) is 16.1. The molecule has 0 N–H and O–H groups in total. The molecule has 1 heterocycles. The van der Waals surface area contributed by atoms with Crippen LogP contribution in [0.2, 0.25) is 5.02 Å². The first-order valence-corrected chi connectivity index (χ1v) is 7.93. The van der Waals surface area contributed by atoms with E-state index in [1.165, 1.54) is 0 Å². The fourth-order valence-electron chi connectivity index (χ4n) is 2.30. The van der Waals surface area contributed by atoms with E-state index < -0.39 is 0 Å². The fourth-order valence-corrected chi connectivity index (χ4v) is 2.43. The Morgan fingerprint density at radius 2 is 1.77 bits per heavy atom. The molecule has 0 aliphatic heterocycles. The van der Waals surface area contributed by atoms with E-state index in [0.717, 1.165) is 31.6 Å². The predicted octanol–water partition coefficient (Wildman–Crippen LogP) is 3.49. The average molecular weight is 321 g/mol. The van der Waals surface area contributed by atoms with E-state index in [0.29, 0.717) is 10.8 Å². The second-order valence-electron chi connectivity index (χ2n) is 5.16. The SMILES string of the molecule is CCCN(CCC)C(=O)c1nc(C)n(-c2ccc(Cl)cc2)n1. The van der Waals surface area contributed by atoms with Crippen molar-refractivity contribution in [3.05, 3.63) is 40.9 Å². The van der Waals surface area contributed by atoms with Gasteiger partial charge in [-0.05, 0) is 44.0 Å². The third kappa shape index (κ3) is 3.65. The van der Waals surface area contributed by atoms with Gasteiger partial charge in [0.15, 0.2) is 0 Å². The predicted molar refractivity (Wildman–Crippen MR) is 87.6 cm³/mol. The number of hydrogen-bond donors (Lipinski definition) is 0. The molecule has 0 bridgehead atoms. The molecule has 0 aliphatic carbocycles. The van der Waals surface area contributed by atoms with Gasteiger partial charge in [-0.2, -0.15) is 0 Å². The van der Waals surface area contributed by atoms with Gasteiger partial charge < -0.3 is 4.90 Å². The third-order valence-electron chi connectivity index (χ3n) is 3.31. The molecular weight excluding hydrogens is 300 g/mol. The highest BCUT2D eigenvalue weighted by molar-refractivity contribution is 6.30. The van der Waals surface area contributed by atoms with Gasteiger partial charge in [0, 0.05) is 18.1 Å². The average Bonchev–Trinajstić information content (AvgIpc) is 2.89. The lowest BCUT2D eigenvalue weighted by atomic mass is 10.3. The van der Waals surface area contributed by atoms with Crippen LogP contribution in [0, 0.1) is 6.92 Å². The van der Waals surface area contributed by atoms with Crippen molar-refractivity contribution in [2.24, 2.45) is 0 Å². The van der Waals surface area contributed by atoms with Crippen molar-refractivity contribution in [3.8, 4) is 5.69 Å². The lowest BCUT2D eigenvalue weighted by molar-refractivity contribution is 0.0743. The van der Waals surface area contributed by atoms with Crippen LogP contribution in [0.25, 0.3) is 5.69 Å². The number of aromatic nitrogens is 3. The highest BCUT2D eigenvalue weighted by Crippen LogP contribution is 2.15. The zero-order valence-corrected chi connectivity index (χ0v) is 14.0. The summed E-state index contributed by atoms with van der Waals surface area (Å²) in [5.74, 6) is 0.812. The number of aryl methyl sites for hydroxylation is 1.